The Morgan fingerprint density at radius 2 is 1.90 bits per heavy atom. The number of aliphatic hydroxyl groups is 1. The summed E-state index contributed by atoms with van der Waals surface area (Å²) in [5.74, 6) is 1.07. The molecule has 0 unspecified atom stereocenters. The molecule has 0 aromatic heterocycles. The van der Waals surface area contributed by atoms with E-state index < -0.39 is 17.0 Å². The zero-order valence-corrected chi connectivity index (χ0v) is 20.2. The third-order valence-corrected chi connectivity index (χ3v) is 10.7. The van der Waals surface area contributed by atoms with E-state index in [-0.39, 0.29) is 34.5 Å². The van der Waals surface area contributed by atoms with Crippen molar-refractivity contribution >= 4 is 33.5 Å². The molecule has 0 aliphatic heterocycles. The lowest BCUT2D eigenvalue weighted by molar-refractivity contribution is -0.179. The van der Waals surface area contributed by atoms with E-state index in [1.807, 2.05) is 6.92 Å². The molecule has 0 radical (unpaired) electrons. The molecule has 4 rings (SSSR count). The maximum absolute atomic E-state index is 13.1. The summed E-state index contributed by atoms with van der Waals surface area (Å²) in [5.41, 5.74) is -1.80. The van der Waals surface area contributed by atoms with Crippen molar-refractivity contribution in [1.82, 2.24) is 0 Å². The Bertz CT molecular complexity index is 767. The lowest BCUT2D eigenvalue weighted by Gasteiger charge is -2.61. The highest BCUT2D eigenvalue weighted by molar-refractivity contribution is 9.10. The number of ether oxygens (including phenoxy) is 1. The van der Waals surface area contributed by atoms with Crippen molar-refractivity contribution in [3.63, 3.8) is 0 Å². The highest BCUT2D eigenvalue weighted by Gasteiger charge is 2.69. The minimum atomic E-state index is -1.45. The Labute approximate surface area is 187 Å². The van der Waals surface area contributed by atoms with E-state index in [0.717, 1.165) is 38.5 Å². The molecule has 0 bridgehead atoms. The lowest BCUT2D eigenvalue weighted by atomic mass is 9.44. The first-order valence-corrected chi connectivity index (χ1v) is 12.4. The first kappa shape index (κ1) is 22.4. The molecule has 0 spiro atoms. The van der Waals surface area contributed by atoms with Gasteiger partial charge in [-0.25, -0.2) is 0 Å². The fourth-order valence-corrected chi connectivity index (χ4v) is 9.16. The van der Waals surface area contributed by atoms with Crippen LogP contribution in [0.25, 0.3) is 0 Å². The average Bonchev–Trinajstić information content (AvgIpc) is 2.88. The SMILES string of the molecule is CC(=O)OCC(=O)[C@@]1(O)[C@H](C)C[C@H]2[C@H]3CC[C@H]4CC(=O)[C@H](Br)C[C@]4(C)[C@@H]3CC[C@@]21C. The molecular weight excluding hydrogens is 448 g/mol. The quantitative estimate of drug-likeness (QED) is 0.483. The Morgan fingerprint density at radius 3 is 2.57 bits per heavy atom. The first-order valence-electron chi connectivity index (χ1n) is 11.5. The fraction of sp³-hybridized carbons (Fsp3) is 0.875. The normalized spacial score (nSPS) is 50.3. The Morgan fingerprint density at radius 1 is 1.20 bits per heavy atom. The Balaban J connectivity index is 1.62. The zero-order valence-electron chi connectivity index (χ0n) is 18.6. The van der Waals surface area contributed by atoms with Crippen molar-refractivity contribution in [3.05, 3.63) is 0 Å². The second-order valence-corrected chi connectivity index (χ2v) is 12.2. The molecule has 5 nitrogen and oxygen atoms in total. The van der Waals surface area contributed by atoms with Crippen molar-refractivity contribution in [2.24, 2.45) is 40.4 Å². The maximum atomic E-state index is 13.1. The number of fused-ring (bicyclic) bond motifs is 5. The van der Waals surface area contributed by atoms with Crippen LogP contribution in [0.1, 0.15) is 72.6 Å². The maximum Gasteiger partial charge on any atom is 0.303 e. The van der Waals surface area contributed by atoms with Gasteiger partial charge < -0.3 is 9.84 Å². The molecule has 4 aliphatic rings. The van der Waals surface area contributed by atoms with Crippen LogP contribution in [-0.4, -0.2) is 39.7 Å². The number of carbonyl (C=O) groups is 3. The van der Waals surface area contributed by atoms with Gasteiger partial charge in [-0.05, 0) is 73.5 Å². The van der Waals surface area contributed by atoms with E-state index in [4.69, 9.17) is 4.74 Å². The van der Waals surface area contributed by atoms with Crippen LogP contribution in [0.3, 0.4) is 0 Å². The summed E-state index contributed by atoms with van der Waals surface area (Å²) in [6.07, 6.45) is 6.32. The molecule has 4 aliphatic carbocycles. The summed E-state index contributed by atoms with van der Waals surface area (Å²) in [6.45, 7) is 7.39. The largest absolute Gasteiger partial charge is 0.458 e. The van der Waals surface area contributed by atoms with Gasteiger partial charge in [-0.3, -0.25) is 14.4 Å². The van der Waals surface area contributed by atoms with Gasteiger partial charge in [-0.2, -0.15) is 0 Å². The Kier molecular flexibility index (Phi) is 5.53. The lowest BCUT2D eigenvalue weighted by Crippen LogP contribution is -2.61. The average molecular weight is 483 g/mol. The topological polar surface area (TPSA) is 80.7 Å². The molecule has 4 fully saturated rings. The summed E-state index contributed by atoms with van der Waals surface area (Å²) in [5, 5.41) is 11.8. The van der Waals surface area contributed by atoms with Gasteiger partial charge in [0.1, 0.15) is 11.4 Å². The van der Waals surface area contributed by atoms with Crippen molar-refractivity contribution in [1.29, 1.82) is 0 Å². The monoisotopic (exact) mass is 482 g/mol. The van der Waals surface area contributed by atoms with Gasteiger partial charge in [0, 0.05) is 18.8 Å². The van der Waals surface area contributed by atoms with E-state index >= 15 is 0 Å². The van der Waals surface area contributed by atoms with Crippen LogP contribution >= 0.6 is 15.9 Å². The van der Waals surface area contributed by atoms with Gasteiger partial charge in [0.05, 0.1) is 4.83 Å². The zero-order chi connectivity index (χ0) is 22.1. The summed E-state index contributed by atoms with van der Waals surface area (Å²) < 4.78 is 4.98. The molecule has 0 aromatic rings. The van der Waals surface area contributed by atoms with E-state index in [2.05, 4.69) is 29.8 Å². The number of Topliss-reactive ketones (excluding diaryl/α,β-unsaturated/α-hetero) is 2. The standard InChI is InChI=1S/C24H35BrO5/c1-13-9-18-16-6-5-15-10-20(27)19(25)11-22(15,3)17(16)7-8-23(18,4)24(13,29)21(28)12-30-14(2)26/h13,15-19,29H,5-12H2,1-4H3/t13-,15+,16+,17-,18+,19-,22+,23+,24+/m1/s1. The molecule has 168 valence electrons. The van der Waals surface area contributed by atoms with Crippen molar-refractivity contribution in [2.75, 3.05) is 6.61 Å². The number of hydrogen-bond donors (Lipinski definition) is 1. The van der Waals surface area contributed by atoms with Crippen molar-refractivity contribution < 1.29 is 24.2 Å². The van der Waals surface area contributed by atoms with Gasteiger partial charge in [0.25, 0.3) is 0 Å². The number of ketones is 2. The smallest absolute Gasteiger partial charge is 0.303 e. The highest BCUT2D eigenvalue weighted by atomic mass is 79.9. The van der Waals surface area contributed by atoms with Crippen LogP contribution in [-0.2, 0) is 19.1 Å². The summed E-state index contributed by atoms with van der Waals surface area (Å²) in [7, 11) is 0. The van der Waals surface area contributed by atoms with Gasteiger partial charge >= 0.3 is 5.97 Å². The number of rotatable bonds is 3. The third-order valence-electron chi connectivity index (χ3n) is 9.89. The fourth-order valence-electron chi connectivity index (χ4n) is 8.27. The molecule has 9 atom stereocenters. The van der Waals surface area contributed by atoms with Crippen LogP contribution in [0.5, 0.6) is 0 Å². The Hall–Kier alpha value is -0.750. The van der Waals surface area contributed by atoms with Gasteiger partial charge in [-0.15, -0.1) is 0 Å². The number of halogens is 1. The van der Waals surface area contributed by atoms with Gasteiger partial charge in [-0.1, -0.05) is 36.7 Å². The van der Waals surface area contributed by atoms with Crippen LogP contribution < -0.4 is 0 Å². The molecule has 4 saturated carbocycles. The predicted octanol–water partition coefficient (Wildman–Crippen LogP) is 4.08. The van der Waals surface area contributed by atoms with Gasteiger partial charge in [0.15, 0.2) is 6.61 Å². The number of hydrogen-bond acceptors (Lipinski definition) is 5. The first-order chi connectivity index (χ1) is 13.9. The molecule has 0 amide bonds. The molecule has 0 saturated heterocycles. The minimum absolute atomic E-state index is 0.0458. The second-order valence-electron chi connectivity index (χ2n) is 11.1. The van der Waals surface area contributed by atoms with Gasteiger partial charge in [0.2, 0.25) is 5.78 Å². The van der Waals surface area contributed by atoms with E-state index in [0.29, 0.717) is 30.0 Å². The van der Waals surface area contributed by atoms with Crippen LogP contribution in [0.4, 0.5) is 0 Å². The third kappa shape index (κ3) is 2.99. The van der Waals surface area contributed by atoms with Crippen molar-refractivity contribution in [3.8, 4) is 0 Å². The molecule has 0 heterocycles. The van der Waals surface area contributed by atoms with E-state index in [9.17, 15) is 19.5 Å². The number of esters is 1. The van der Waals surface area contributed by atoms with E-state index in [1.54, 1.807) is 0 Å². The van der Waals surface area contributed by atoms with Crippen LogP contribution in [0.15, 0.2) is 0 Å². The highest BCUT2D eigenvalue weighted by Crippen LogP contribution is 2.69. The molecule has 0 aromatic carbocycles. The molecule has 1 N–H and O–H groups in total. The summed E-state index contributed by atoms with van der Waals surface area (Å²) >= 11 is 3.63. The second kappa shape index (κ2) is 7.40. The molecule has 6 heteroatoms. The predicted molar refractivity (Wildman–Crippen MR) is 116 cm³/mol. The molecule has 30 heavy (non-hydrogen) atoms. The van der Waals surface area contributed by atoms with E-state index in [1.165, 1.54) is 6.92 Å². The van der Waals surface area contributed by atoms with Crippen LogP contribution in [0, 0.1) is 40.4 Å². The number of alkyl halides is 1. The molecular formula is C24H35BrO5. The van der Waals surface area contributed by atoms with Crippen LogP contribution in [0.2, 0.25) is 0 Å². The number of carbonyl (C=O) groups excluding carboxylic acids is 3. The summed E-state index contributed by atoms with van der Waals surface area (Å²) in [4.78, 5) is 36.6. The summed E-state index contributed by atoms with van der Waals surface area (Å²) in [6, 6.07) is 0. The van der Waals surface area contributed by atoms with Crippen molar-refractivity contribution in [2.45, 2.75) is 83.1 Å². The minimum Gasteiger partial charge on any atom is -0.458 e.